The average molecular weight is 349 g/mol. The van der Waals surface area contributed by atoms with Crippen LogP contribution in [0.3, 0.4) is 0 Å². The van der Waals surface area contributed by atoms with Crippen LogP contribution in [0.25, 0.3) is 0 Å². The Labute approximate surface area is 122 Å². The van der Waals surface area contributed by atoms with Gasteiger partial charge >= 0.3 is 0 Å². The van der Waals surface area contributed by atoms with Gasteiger partial charge in [0.05, 0.1) is 18.0 Å². The van der Waals surface area contributed by atoms with Crippen LogP contribution in [0.2, 0.25) is 0 Å². The third-order valence-corrected chi connectivity index (χ3v) is 4.66. The second kappa shape index (κ2) is 5.78. The molecule has 1 aliphatic heterocycles. The number of nitrogens with zero attached hydrogens (tertiary/aromatic N) is 2. The van der Waals surface area contributed by atoms with Gasteiger partial charge in [-0.25, -0.2) is 17.8 Å². The molecule has 1 aromatic carbocycles. The molecule has 1 saturated heterocycles. The lowest BCUT2D eigenvalue weighted by atomic mass is 10.1. The predicted octanol–water partition coefficient (Wildman–Crippen LogP) is 1.59. The van der Waals surface area contributed by atoms with Crippen molar-refractivity contribution in [2.45, 2.75) is 18.9 Å². The average Bonchev–Trinajstić information content (AvgIpc) is 2.33. The van der Waals surface area contributed by atoms with E-state index in [9.17, 15) is 13.5 Å². The summed E-state index contributed by atoms with van der Waals surface area (Å²) in [4.78, 5) is 0. The Bertz CT molecular complexity index is 524. The molecule has 5 nitrogen and oxygen atoms in total. The fraction of sp³-hybridized carbons (Fsp3) is 0.500. The van der Waals surface area contributed by atoms with Crippen molar-refractivity contribution in [3.8, 4) is 0 Å². The molecule has 0 aliphatic carbocycles. The highest BCUT2D eigenvalue weighted by Crippen LogP contribution is 2.24. The minimum atomic E-state index is -3.39. The van der Waals surface area contributed by atoms with E-state index in [0.29, 0.717) is 31.6 Å². The number of aliphatic hydroxyl groups excluding tert-OH is 1. The molecule has 0 saturated carbocycles. The highest BCUT2D eigenvalue weighted by atomic mass is 79.9. The van der Waals surface area contributed by atoms with Crippen molar-refractivity contribution in [2.75, 3.05) is 23.8 Å². The summed E-state index contributed by atoms with van der Waals surface area (Å²) >= 11 is 3.33. The number of rotatable bonds is 3. The van der Waals surface area contributed by atoms with Crippen LogP contribution >= 0.6 is 15.9 Å². The zero-order chi connectivity index (χ0) is 14.0. The van der Waals surface area contributed by atoms with Crippen LogP contribution in [-0.2, 0) is 10.0 Å². The maximum Gasteiger partial charge on any atom is 0.245 e. The Morgan fingerprint density at radius 3 is 2.26 bits per heavy atom. The normalized spacial score (nSPS) is 18.5. The molecular formula is C12H17BrN2O3S. The minimum Gasteiger partial charge on any atom is -0.393 e. The molecule has 0 unspecified atom stereocenters. The number of aliphatic hydroxyl groups is 1. The monoisotopic (exact) mass is 348 g/mol. The molecule has 0 amide bonds. The van der Waals surface area contributed by atoms with Crippen LogP contribution in [0.4, 0.5) is 5.69 Å². The predicted molar refractivity (Wildman–Crippen MR) is 78.3 cm³/mol. The Kier molecular flexibility index (Phi) is 4.50. The van der Waals surface area contributed by atoms with E-state index in [1.165, 1.54) is 10.7 Å². The van der Waals surface area contributed by atoms with Gasteiger partial charge in [0.25, 0.3) is 0 Å². The molecule has 0 spiro atoms. The highest BCUT2D eigenvalue weighted by Gasteiger charge is 2.28. The molecule has 1 aliphatic rings. The van der Waals surface area contributed by atoms with Crippen molar-refractivity contribution in [2.24, 2.45) is 0 Å². The van der Waals surface area contributed by atoms with Crippen molar-refractivity contribution in [3.05, 3.63) is 28.7 Å². The number of benzene rings is 1. The minimum absolute atomic E-state index is 0.331. The molecule has 1 aromatic rings. The lowest BCUT2D eigenvalue weighted by molar-refractivity contribution is 0.0855. The lowest BCUT2D eigenvalue weighted by Gasteiger charge is -2.38. The number of sulfonamides is 1. The molecule has 19 heavy (non-hydrogen) atoms. The number of hydrazine groups is 1. The molecule has 1 fully saturated rings. The van der Waals surface area contributed by atoms with Crippen molar-refractivity contribution < 1.29 is 13.5 Å². The van der Waals surface area contributed by atoms with E-state index in [4.69, 9.17) is 0 Å². The number of halogens is 1. The van der Waals surface area contributed by atoms with E-state index in [0.717, 1.165) is 4.47 Å². The maximum atomic E-state index is 12.0. The van der Waals surface area contributed by atoms with Gasteiger partial charge in [0, 0.05) is 17.6 Å². The quantitative estimate of drug-likeness (QED) is 0.900. The summed E-state index contributed by atoms with van der Waals surface area (Å²) in [5, 5.41) is 11.3. The van der Waals surface area contributed by atoms with E-state index in [2.05, 4.69) is 15.9 Å². The molecular weight excluding hydrogens is 332 g/mol. The van der Waals surface area contributed by atoms with Crippen molar-refractivity contribution >= 4 is 31.6 Å². The topological polar surface area (TPSA) is 60.9 Å². The van der Waals surface area contributed by atoms with Gasteiger partial charge in [-0.3, -0.25) is 0 Å². The van der Waals surface area contributed by atoms with E-state index in [1.54, 1.807) is 17.1 Å². The standard InChI is InChI=1S/C12H17BrN2O3S/c1-19(17,18)15(11-4-2-10(13)3-5-11)14-8-6-12(16)7-9-14/h2-5,12,16H,6-9H2,1H3. The van der Waals surface area contributed by atoms with Crippen LogP contribution in [-0.4, -0.2) is 44.0 Å². The van der Waals surface area contributed by atoms with Crippen LogP contribution in [0.5, 0.6) is 0 Å². The first kappa shape index (κ1) is 14.8. The Morgan fingerprint density at radius 2 is 1.79 bits per heavy atom. The van der Waals surface area contributed by atoms with Gasteiger partial charge < -0.3 is 5.11 Å². The molecule has 0 atom stereocenters. The van der Waals surface area contributed by atoms with E-state index in [-0.39, 0.29) is 6.10 Å². The van der Waals surface area contributed by atoms with E-state index < -0.39 is 10.0 Å². The molecule has 2 rings (SSSR count). The maximum absolute atomic E-state index is 12.0. The second-order valence-corrected chi connectivity index (χ2v) is 7.39. The Hall–Kier alpha value is -0.630. The van der Waals surface area contributed by atoms with E-state index in [1.807, 2.05) is 12.1 Å². The summed E-state index contributed by atoms with van der Waals surface area (Å²) in [7, 11) is -3.39. The highest BCUT2D eigenvalue weighted by molar-refractivity contribution is 9.10. The molecule has 1 heterocycles. The third kappa shape index (κ3) is 3.68. The van der Waals surface area contributed by atoms with Gasteiger partial charge in [0.15, 0.2) is 0 Å². The summed E-state index contributed by atoms with van der Waals surface area (Å²) in [6.45, 7) is 1.06. The first-order valence-corrected chi connectivity index (χ1v) is 8.71. The Morgan fingerprint density at radius 1 is 1.26 bits per heavy atom. The van der Waals surface area contributed by atoms with Crippen LogP contribution < -0.4 is 4.41 Å². The van der Waals surface area contributed by atoms with Gasteiger partial charge in [-0.05, 0) is 37.1 Å². The van der Waals surface area contributed by atoms with Gasteiger partial charge in [-0.2, -0.15) is 0 Å². The van der Waals surface area contributed by atoms with Gasteiger partial charge in [0.1, 0.15) is 0 Å². The number of anilines is 1. The second-order valence-electron chi connectivity index (χ2n) is 4.67. The molecule has 1 N–H and O–H groups in total. The van der Waals surface area contributed by atoms with Crippen molar-refractivity contribution in [3.63, 3.8) is 0 Å². The Balaban J connectivity index is 2.29. The first-order valence-electron chi connectivity index (χ1n) is 6.07. The van der Waals surface area contributed by atoms with Gasteiger partial charge in [-0.15, -0.1) is 0 Å². The van der Waals surface area contributed by atoms with Crippen LogP contribution in [0.1, 0.15) is 12.8 Å². The molecule has 106 valence electrons. The molecule has 0 aromatic heterocycles. The number of piperidine rings is 1. The summed E-state index contributed by atoms with van der Waals surface area (Å²) in [5.41, 5.74) is 0.613. The van der Waals surface area contributed by atoms with Gasteiger partial charge in [-0.1, -0.05) is 15.9 Å². The summed E-state index contributed by atoms with van der Waals surface area (Å²) in [5.74, 6) is 0. The van der Waals surface area contributed by atoms with Gasteiger partial charge in [0.2, 0.25) is 10.0 Å². The van der Waals surface area contributed by atoms with Crippen molar-refractivity contribution in [1.82, 2.24) is 5.01 Å². The fourth-order valence-corrected chi connectivity index (χ4v) is 3.52. The summed E-state index contributed by atoms with van der Waals surface area (Å²) in [6.07, 6.45) is 2.04. The molecule has 7 heteroatoms. The fourth-order valence-electron chi connectivity index (χ4n) is 2.17. The first-order chi connectivity index (χ1) is 8.88. The zero-order valence-corrected chi connectivity index (χ0v) is 13.1. The number of hydrogen-bond donors (Lipinski definition) is 1. The third-order valence-electron chi connectivity index (χ3n) is 3.06. The SMILES string of the molecule is CS(=O)(=O)N(c1ccc(Br)cc1)N1CCC(O)CC1. The lowest BCUT2D eigenvalue weighted by Crippen LogP contribution is -2.50. The van der Waals surface area contributed by atoms with Crippen LogP contribution in [0.15, 0.2) is 28.7 Å². The summed E-state index contributed by atoms with van der Waals surface area (Å²) in [6, 6.07) is 7.14. The zero-order valence-electron chi connectivity index (χ0n) is 10.7. The van der Waals surface area contributed by atoms with Crippen molar-refractivity contribution in [1.29, 1.82) is 0 Å². The largest absolute Gasteiger partial charge is 0.393 e. The summed E-state index contributed by atoms with van der Waals surface area (Å²) < 4.78 is 26.2. The van der Waals surface area contributed by atoms with Crippen LogP contribution in [0, 0.1) is 0 Å². The smallest absolute Gasteiger partial charge is 0.245 e. The molecule has 0 bridgehead atoms. The number of hydrogen-bond acceptors (Lipinski definition) is 4. The molecule has 0 radical (unpaired) electrons. The van der Waals surface area contributed by atoms with E-state index >= 15 is 0 Å².